The molecule has 0 unspecified atom stereocenters. The fourth-order valence-corrected chi connectivity index (χ4v) is 3.92. The molecule has 0 saturated heterocycles. The number of nitrogens with zero attached hydrogens (tertiary/aromatic N) is 2. The summed E-state index contributed by atoms with van der Waals surface area (Å²) in [5.74, 6) is 1.60. The van der Waals surface area contributed by atoms with Gasteiger partial charge in [0.15, 0.2) is 11.5 Å². The average Bonchev–Trinajstić information content (AvgIpc) is 3.30. The van der Waals surface area contributed by atoms with E-state index in [9.17, 15) is 10.1 Å². The minimum atomic E-state index is -0.305. The summed E-state index contributed by atoms with van der Waals surface area (Å²) in [5.41, 5.74) is 3.79. The number of nitriles is 1. The second-order valence-corrected chi connectivity index (χ2v) is 7.88. The molecule has 0 saturated carbocycles. The molecule has 6 nitrogen and oxygen atoms in total. The van der Waals surface area contributed by atoms with E-state index in [0.717, 1.165) is 29.0 Å². The highest BCUT2D eigenvalue weighted by atomic mass is 16.5. The lowest BCUT2D eigenvalue weighted by Gasteiger charge is -2.17. The van der Waals surface area contributed by atoms with Crippen molar-refractivity contribution in [3.8, 4) is 23.3 Å². The highest BCUT2D eigenvalue weighted by Crippen LogP contribution is 2.31. The maximum atomic E-state index is 13.0. The van der Waals surface area contributed by atoms with E-state index in [4.69, 9.17) is 14.2 Å². The van der Waals surface area contributed by atoms with Crippen molar-refractivity contribution in [3.63, 3.8) is 0 Å². The largest absolute Gasteiger partial charge is 0.493 e. The summed E-state index contributed by atoms with van der Waals surface area (Å²) in [6, 6.07) is 23.0. The first kappa shape index (κ1) is 22.9. The van der Waals surface area contributed by atoms with E-state index in [1.807, 2.05) is 55.5 Å². The highest BCUT2D eigenvalue weighted by Gasteiger charge is 2.26. The average molecular weight is 455 g/mol. The summed E-state index contributed by atoms with van der Waals surface area (Å²) in [5, 5.41) is 9.67. The second kappa shape index (κ2) is 10.6. The standard InChI is InChI=1S/C28H26N2O4/c1-20-7-3-6-10-25(20)33-15-16-34-26-12-11-21(18-27(26)32-2)17-23(19-29)28(31)30-14-13-22-8-4-5-9-24(22)30/h3-12,17-18H,13-16H2,1-2H3/b23-17+. The number of carbonyl (C=O) groups is 1. The summed E-state index contributed by atoms with van der Waals surface area (Å²) >= 11 is 0. The Hall–Kier alpha value is -4.24. The van der Waals surface area contributed by atoms with Gasteiger partial charge in [0.2, 0.25) is 0 Å². The number of anilines is 1. The third-order valence-corrected chi connectivity index (χ3v) is 5.67. The Morgan fingerprint density at radius 1 is 1.00 bits per heavy atom. The van der Waals surface area contributed by atoms with Crippen LogP contribution in [-0.2, 0) is 11.2 Å². The van der Waals surface area contributed by atoms with Crippen LogP contribution in [-0.4, -0.2) is 32.8 Å². The molecular weight excluding hydrogens is 428 g/mol. The van der Waals surface area contributed by atoms with Crippen LogP contribution in [0.3, 0.4) is 0 Å². The van der Waals surface area contributed by atoms with Gasteiger partial charge in [0, 0.05) is 12.2 Å². The zero-order valence-electron chi connectivity index (χ0n) is 19.3. The molecular formula is C28H26N2O4. The first-order valence-corrected chi connectivity index (χ1v) is 11.1. The van der Waals surface area contributed by atoms with Crippen LogP contribution in [0.1, 0.15) is 16.7 Å². The van der Waals surface area contributed by atoms with E-state index >= 15 is 0 Å². The van der Waals surface area contributed by atoms with Crippen molar-refractivity contribution in [1.29, 1.82) is 5.26 Å². The molecule has 1 amide bonds. The number of ether oxygens (including phenoxy) is 3. The van der Waals surface area contributed by atoms with Gasteiger partial charge in [-0.05, 0) is 60.4 Å². The molecule has 0 spiro atoms. The number of para-hydroxylation sites is 2. The highest BCUT2D eigenvalue weighted by molar-refractivity contribution is 6.12. The molecule has 3 aromatic rings. The first-order valence-electron chi connectivity index (χ1n) is 11.1. The Kier molecular flexibility index (Phi) is 7.14. The van der Waals surface area contributed by atoms with Crippen LogP contribution < -0.4 is 19.1 Å². The number of hydrogen-bond acceptors (Lipinski definition) is 5. The maximum absolute atomic E-state index is 13.0. The third-order valence-electron chi connectivity index (χ3n) is 5.67. The zero-order valence-corrected chi connectivity index (χ0v) is 19.3. The predicted octanol–water partition coefficient (Wildman–Crippen LogP) is 4.96. The maximum Gasteiger partial charge on any atom is 0.268 e. The molecule has 1 aliphatic rings. The Morgan fingerprint density at radius 3 is 2.50 bits per heavy atom. The predicted molar refractivity (Wildman–Crippen MR) is 131 cm³/mol. The molecule has 0 atom stereocenters. The molecule has 172 valence electrons. The van der Waals surface area contributed by atoms with E-state index in [1.54, 1.807) is 36.3 Å². The minimum absolute atomic E-state index is 0.0686. The van der Waals surface area contributed by atoms with Crippen molar-refractivity contribution in [2.24, 2.45) is 0 Å². The number of carbonyl (C=O) groups excluding carboxylic acids is 1. The molecule has 0 aromatic heterocycles. The summed E-state index contributed by atoms with van der Waals surface area (Å²) in [6.07, 6.45) is 2.37. The molecule has 3 aromatic carbocycles. The Bertz CT molecular complexity index is 1260. The SMILES string of the molecule is COc1cc(/C=C(\C#N)C(=O)N2CCc3ccccc32)ccc1OCCOc1ccccc1C. The lowest BCUT2D eigenvalue weighted by Crippen LogP contribution is -2.29. The van der Waals surface area contributed by atoms with Crippen LogP contribution in [0.2, 0.25) is 0 Å². The molecule has 1 aliphatic heterocycles. The topological polar surface area (TPSA) is 71.8 Å². The van der Waals surface area contributed by atoms with Gasteiger partial charge in [0.05, 0.1) is 7.11 Å². The van der Waals surface area contributed by atoms with Crippen LogP contribution in [0.5, 0.6) is 17.2 Å². The zero-order chi connectivity index (χ0) is 23.9. The van der Waals surface area contributed by atoms with Crippen molar-refractivity contribution in [1.82, 2.24) is 0 Å². The third kappa shape index (κ3) is 5.05. The summed E-state index contributed by atoms with van der Waals surface area (Å²) in [4.78, 5) is 14.7. The second-order valence-electron chi connectivity index (χ2n) is 7.88. The molecule has 0 N–H and O–H groups in total. The van der Waals surface area contributed by atoms with Crippen LogP contribution in [0.4, 0.5) is 5.69 Å². The van der Waals surface area contributed by atoms with Gasteiger partial charge in [-0.15, -0.1) is 0 Å². The Balaban J connectivity index is 1.43. The van der Waals surface area contributed by atoms with Crippen molar-refractivity contribution in [2.75, 3.05) is 31.8 Å². The van der Waals surface area contributed by atoms with E-state index in [-0.39, 0.29) is 11.5 Å². The molecule has 34 heavy (non-hydrogen) atoms. The molecule has 0 aliphatic carbocycles. The quantitative estimate of drug-likeness (QED) is 0.273. The van der Waals surface area contributed by atoms with Crippen molar-refractivity contribution >= 4 is 17.7 Å². The van der Waals surface area contributed by atoms with Gasteiger partial charge in [0.1, 0.15) is 30.6 Å². The van der Waals surface area contributed by atoms with Crippen molar-refractivity contribution in [3.05, 3.63) is 89.0 Å². The molecule has 4 rings (SSSR count). The Morgan fingerprint density at radius 2 is 1.74 bits per heavy atom. The van der Waals surface area contributed by atoms with Gasteiger partial charge in [-0.25, -0.2) is 0 Å². The Labute approximate surface area is 199 Å². The molecule has 0 fully saturated rings. The van der Waals surface area contributed by atoms with E-state index in [0.29, 0.717) is 36.8 Å². The van der Waals surface area contributed by atoms with Gasteiger partial charge >= 0.3 is 0 Å². The smallest absolute Gasteiger partial charge is 0.268 e. The van der Waals surface area contributed by atoms with E-state index < -0.39 is 0 Å². The lowest BCUT2D eigenvalue weighted by atomic mass is 10.1. The van der Waals surface area contributed by atoms with Crippen molar-refractivity contribution < 1.29 is 19.0 Å². The van der Waals surface area contributed by atoms with Gasteiger partial charge in [-0.2, -0.15) is 5.26 Å². The van der Waals surface area contributed by atoms with E-state index in [2.05, 4.69) is 6.07 Å². The molecule has 0 radical (unpaired) electrons. The normalized spacial score (nSPS) is 12.6. The number of methoxy groups -OCH3 is 1. The van der Waals surface area contributed by atoms with Gasteiger partial charge in [-0.1, -0.05) is 42.5 Å². The minimum Gasteiger partial charge on any atom is -0.493 e. The summed E-state index contributed by atoms with van der Waals surface area (Å²) < 4.78 is 17.1. The van der Waals surface area contributed by atoms with E-state index in [1.165, 1.54) is 0 Å². The van der Waals surface area contributed by atoms with Gasteiger partial charge in [0.25, 0.3) is 5.91 Å². The van der Waals surface area contributed by atoms with Gasteiger partial charge in [-0.3, -0.25) is 4.79 Å². The summed E-state index contributed by atoms with van der Waals surface area (Å²) in [7, 11) is 1.55. The number of rotatable bonds is 8. The fourth-order valence-electron chi connectivity index (χ4n) is 3.92. The number of amides is 1. The number of fused-ring (bicyclic) bond motifs is 1. The number of hydrogen-bond donors (Lipinski definition) is 0. The molecule has 6 heteroatoms. The number of aryl methyl sites for hydroxylation is 1. The van der Waals surface area contributed by atoms with Crippen LogP contribution >= 0.6 is 0 Å². The fraction of sp³-hybridized carbons (Fsp3) is 0.214. The van der Waals surface area contributed by atoms with Crippen LogP contribution in [0.25, 0.3) is 6.08 Å². The molecule has 1 heterocycles. The number of benzene rings is 3. The lowest BCUT2D eigenvalue weighted by molar-refractivity contribution is -0.114. The van der Waals surface area contributed by atoms with Crippen molar-refractivity contribution in [2.45, 2.75) is 13.3 Å². The van der Waals surface area contributed by atoms with Gasteiger partial charge < -0.3 is 19.1 Å². The van der Waals surface area contributed by atoms with Crippen LogP contribution in [0.15, 0.2) is 72.3 Å². The summed E-state index contributed by atoms with van der Waals surface area (Å²) in [6.45, 7) is 3.29. The molecule has 0 bridgehead atoms. The van der Waals surface area contributed by atoms with Crippen LogP contribution in [0, 0.1) is 18.3 Å². The first-order chi connectivity index (χ1) is 16.6. The monoisotopic (exact) mass is 454 g/mol.